The molecule has 6 nitrogen and oxygen atoms in total. The number of carboxylic acids is 1. The van der Waals surface area contributed by atoms with Gasteiger partial charge in [-0.2, -0.15) is 0 Å². The lowest BCUT2D eigenvalue weighted by atomic mass is 9.92. The summed E-state index contributed by atoms with van der Waals surface area (Å²) in [6.07, 6.45) is 2.02. The third-order valence-corrected chi connectivity index (χ3v) is 3.08. The molecule has 1 rings (SSSR count). The first-order valence-electron chi connectivity index (χ1n) is 5.93. The van der Waals surface area contributed by atoms with Gasteiger partial charge in [0.1, 0.15) is 6.04 Å². The van der Waals surface area contributed by atoms with Crippen molar-refractivity contribution in [2.75, 3.05) is 13.2 Å². The number of aliphatic hydroxyl groups excluding tert-OH is 1. The van der Waals surface area contributed by atoms with Crippen LogP contribution in [0.3, 0.4) is 0 Å². The average molecular weight is 244 g/mol. The smallest absolute Gasteiger partial charge is 0.326 e. The predicted octanol–water partition coefficient (Wildman–Crippen LogP) is -0.674. The van der Waals surface area contributed by atoms with E-state index in [2.05, 4.69) is 10.6 Å². The Morgan fingerprint density at radius 3 is 2.76 bits per heavy atom. The average Bonchev–Trinajstić information content (AvgIpc) is 2.28. The Morgan fingerprint density at radius 2 is 2.24 bits per heavy atom. The molecule has 3 atom stereocenters. The van der Waals surface area contributed by atoms with Crippen LogP contribution < -0.4 is 10.6 Å². The summed E-state index contributed by atoms with van der Waals surface area (Å²) >= 11 is 0. The van der Waals surface area contributed by atoms with E-state index in [1.165, 1.54) is 0 Å². The predicted molar refractivity (Wildman–Crippen MR) is 61.5 cm³/mol. The minimum Gasteiger partial charge on any atom is -0.480 e. The van der Waals surface area contributed by atoms with Crippen LogP contribution in [0.25, 0.3) is 0 Å². The van der Waals surface area contributed by atoms with E-state index in [1.807, 2.05) is 6.92 Å². The zero-order chi connectivity index (χ0) is 12.8. The molecule has 0 aromatic carbocycles. The van der Waals surface area contributed by atoms with Crippen LogP contribution in [0.15, 0.2) is 0 Å². The van der Waals surface area contributed by atoms with E-state index in [0.29, 0.717) is 0 Å². The van der Waals surface area contributed by atoms with Crippen LogP contribution in [0.5, 0.6) is 0 Å². The van der Waals surface area contributed by atoms with Crippen molar-refractivity contribution >= 4 is 11.9 Å². The summed E-state index contributed by atoms with van der Waals surface area (Å²) in [7, 11) is 0. The van der Waals surface area contributed by atoms with Crippen molar-refractivity contribution in [1.82, 2.24) is 10.6 Å². The highest BCUT2D eigenvalue weighted by molar-refractivity contribution is 5.87. The Labute approximate surface area is 100 Å². The number of nitrogens with one attached hydrogen (secondary N) is 2. The van der Waals surface area contributed by atoms with E-state index >= 15 is 0 Å². The molecule has 1 amide bonds. The maximum atomic E-state index is 11.9. The lowest BCUT2D eigenvalue weighted by Gasteiger charge is -2.29. The van der Waals surface area contributed by atoms with Crippen LogP contribution >= 0.6 is 0 Å². The van der Waals surface area contributed by atoms with Crippen LogP contribution in [0.1, 0.15) is 26.2 Å². The number of hydrogen-bond acceptors (Lipinski definition) is 4. The van der Waals surface area contributed by atoms with Gasteiger partial charge < -0.3 is 20.8 Å². The number of carboxylic acid groups (broad SMARTS) is 1. The molecule has 0 saturated carbocycles. The molecule has 0 bridgehead atoms. The largest absolute Gasteiger partial charge is 0.480 e. The van der Waals surface area contributed by atoms with Crippen LogP contribution in [-0.2, 0) is 9.59 Å². The molecule has 0 spiro atoms. The molecule has 0 aromatic heterocycles. The van der Waals surface area contributed by atoms with Crippen molar-refractivity contribution in [3.05, 3.63) is 0 Å². The number of carbonyl (C=O) groups is 2. The van der Waals surface area contributed by atoms with Crippen LogP contribution in [0, 0.1) is 5.92 Å². The highest BCUT2D eigenvalue weighted by atomic mass is 16.4. The lowest BCUT2D eigenvalue weighted by Crippen LogP contribution is -2.54. The van der Waals surface area contributed by atoms with Crippen LogP contribution in [0.2, 0.25) is 0 Å². The van der Waals surface area contributed by atoms with E-state index in [1.54, 1.807) is 0 Å². The molecule has 1 saturated heterocycles. The molecule has 0 radical (unpaired) electrons. The van der Waals surface area contributed by atoms with Gasteiger partial charge in [0.15, 0.2) is 0 Å². The minimum atomic E-state index is -1.11. The number of carbonyl (C=O) groups excluding carboxylic acids is 1. The summed E-state index contributed by atoms with van der Waals surface area (Å²) in [5, 5.41) is 23.1. The van der Waals surface area contributed by atoms with Crippen molar-refractivity contribution in [3.63, 3.8) is 0 Å². The lowest BCUT2D eigenvalue weighted by molar-refractivity contribution is -0.142. The Morgan fingerprint density at radius 1 is 1.53 bits per heavy atom. The summed E-state index contributed by atoms with van der Waals surface area (Å²) < 4.78 is 0. The quantitative estimate of drug-likeness (QED) is 0.514. The van der Waals surface area contributed by atoms with E-state index < -0.39 is 12.0 Å². The van der Waals surface area contributed by atoms with E-state index in [0.717, 1.165) is 19.4 Å². The van der Waals surface area contributed by atoms with E-state index in [9.17, 15) is 9.59 Å². The first kappa shape index (κ1) is 13.9. The summed E-state index contributed by atoms with van der Waals surface area (Å²) in [5.41, 5.74) is 0. The second-order valence-corrected chi connectivity index (χ2v) is 4.46. The molecule has 1 aliphatic heterocycles. The minimum absolute atomic E-state index is 0.0299. The van der Waals surface area contributed by atoms with Crippen molar-refractivity contribution < 1.29 is 19.8 Å². The molecule has 0 aromatic rings. The molecule has 17 heavy (non-hydrogen) atoms. The first-order chi connectivity index (χ1) is 8.06. The monoisotopic (exact) mass is 244 g/mol. The molecule has 4 N–H and O–H groups in total. The van der Waals surface area contributed by atoms with Crippen molar-refractivity contribution in [1.29, 1.82) is 0 Å². The Bertz CT molecular complexity index is 283. The summed E-state index contributed by atoms with van der Waals surface area (Å²) in [4.78, 5) is 22.7. The van der Waals surface area contributed by atoms with Gasteiger partial charge in [0.2, 0.25) is 5.91 Å². The normalized spacial score (nSPS) is 26.2. The molecule has 98 valence electrons. The standard InChI is InChI=1S/C11H20N2O4/c1-7-3-2-5-12-9(7)10(15)13-8(4-6-14)11(16)17/h7-9,12,14H,2-6H2,1H3,(H,13,15)(H,16,17). The SMILES string of the molecule is CC1CCCNC1C(=O)NC(CCO)C(=O)O. The second-order valence-electron chi connectivity index (χ2n) is 4.46. The topological polar surface area (TPSA) is 98.7 Å². The Balaban J connectivity index is 2.53. The zero-order valence-electron chi connectivity index (χ0n) is 9.98. The zero-order valence-corrected chi connectivity index (χ0v) is 9.98. The molecule has 1 heterocycles. The van der Waals surface area contributed by atoms with Gasteiger partial charge in [0.25, 0.3) is 0 Å². The van der Waals surface area contributed by atoms with E-state index in [4.69, 9.17) is 10.2 Å². The molecule has 6 heteroatoms. The van der Waals surface area contributed by atoms with Crippen LogP contribution in [-0.4, -0.2) is 47.3 Å². The number of piperidine rings is 1. The Hall–Kier alpha value is -1.14. The fourth-order valence-corrected chi connectivity index (χ4v) is 2.05. The van der Waals surface area contributed by atoms with Gasteiger partial charge >= 0.3 is 5.97 Å². The third-order valence-electron chi connectivity index (χ3n) is 3.08. The van der Waals surface area contributed by atoms with Gasteiger partial charge in [-0.1, -0.05) is 6.92 Å². The number of rotatable bonds is 5. The van der Waals surface area contributed by atoms with Gasteiger partial charge in [-0.15, -0.1) is 0 Å². The van der Waals surface area contributed by atoms with Gasteiger partial charge in [-0.3, -0.25) is 4.79 Å². The second kappa shape index (κ2) is 6.56. The third kappa shape index (κ3) is 3.98. The van der Waals surface area contributed by atoms with Gasteiger partial charge in [-0.25, -0.2) is 4.79 Å². The fraction of sp³-hybridized carbons (Fsp3) is 0.818. The number of aliphatic carboxylic acids is 1. The van der Waals surface area contributed by atoms with Gasteiger partial charge in [0.05, 0.1) is 6.04 Å². The number of hydrogen-bond donors (Lipinski definition) is 4. The highest BCUT2D eigenvalue weighted by Gasteiger charge is 2.30. The number of amides is 1. The fourth-order valence-electron chi connectivity index (χ4n) is 2.05. The Kier molecular flexibility index (Phi) is 5.37. The van der Waals surface area contributed by atoms with Crippen molar-refractivity contribution in [2.24, 2.45) is 5.92 Å². The number of aliphatic hydroxyl groups is 1. The maximum Gasteiger partial charge on any atom is 0.326 e. The van der Waals surface area contributed by atoms with E-state index in [-0.39, 0.29) is 30.9 Å². The molecule has 1 aliphatic rings. The molecular weight excluding hydrogens is 224 g/mol. The molecular formula is C11H20N2O4. The highest BCUT2D eigenvalue weighted by Crippen LogP contribution is 2.15. The molecule has 0 aliphatic carbocycles. The molecule has 1 fully saturated rings. The first-order valence-corrected chi connectivity index (χ1v) is 5.93. The summed E-state index contributed by atoms with van der Waals surface area (Å²) in [5.74, 6) is -1.21. The van der Waals surface area contributed by atoms with Gasteiger partial charge in [-0.05, 0) is 25.3 Å². The summed E-state index contributed by atoms with van der Waals surface area (Å²) in [6.45, 7) is 2.49. The van der Waals surface area contributed by atoms with Crippen LogP contribution in [0.4, 0.5) is 0 Å². The maximum absolute atomic E-state index is 11.9. The van der Waals surface area contributed by atoms with Crippen molar-refractivity contribution in [3.8, 4) is 0 Å². The van der Waals surface area contributed by atoms with Gasteiger partial charge in [0, 0.05) is 13.0 Å². The molecule has 3 unspecified atom stereocenters. The summed E-state index contributed by atoms with van der Waals surface area (Å²) in [6, 6.07) is -1.34. The van der Waals surface area contributed by atoms with Crippen molar-refractivity contribution in [2.45, 2.75) is 38.3 Å².